The summed E-state index contributed by atoms with van der Waals surface area (Å²) in [7, 11) is -3.71. The van der Waals surface area contributed by atoms with Gasteiger partial charge in [-0.15, -0.1) is 0 Å². The van der Waals surface area contributed by atoms with E-state index in [4.69, 9.17) is 9.84 Å². The highest BCUT2D eigenvalue weighted by Gasteiger charge is 2.32. The number of halogens is 2. The lowest BCUT2D eigenvalue weighted by molar-refractivity contribution is 0.0691. The zero-order valence-electron chi connectivity index (χ0n) is 17.7. The molecule has 0 aromatic heterocycles. The van der Waals surface area contributed by atoms with E-state index in [-0.39, 0.29) is 22.3 Å². The molecular formula is C23H25F2NO5S. The molecule has 2 aliphatic rings. The van der Waals surface area contributed by atoms with Gasteiger partial charge in [0.15, 0.2) is 0 Å². The van der Waals surface area contributed by atoms with E-state index in [1.807, 2.05) is 0 Å². The molecule has 1 N–H and O–H groups in total. The van der Waals surface area contributed by atoms with Gasteiger partial charge >= 0.3 is 5.97 Å². The summed E-state index contributed by atoms with van der Waals surface area (Å²) in [6, 6.07) is 6.16. The van der Waals surface area contributed by atoms with Gasteiger partial charge in [0.1, 0.15) is 17.4 Å². The van der Waals surface area contributed by atoms with Gasteiger partial charge in [-0.2, -0.15) is 4.31 Å². The minimum absolute atomic E-state index is 0.0880. The molecule has 0 spiro atoms. The number of piperidine rings is 1. The molecule has 172 valence electrons. The lowest BCUT2D eigenvalue weighted by Gasteiger charge is -2.31. The number of aryl methyl sites for hydroxylation is 1. The van der Waals surface area contributed by atoms with Crippen LogP contribution in [0.25, 0.3) is 0 Å². The summed E-state index contributed by atoms with van der Waals surface area (Å²) in [6.07, 6.45) is 2.99. The summed E-state index contributed by atoms with van der Waals surface area (Å²) >= 11 is 0. The molecule has 9 heteroatoms. The van der Waals surface area contributed by atoms with Crippen molar-refractivity contribution in [3.05, 3.63) is 58.7 Å². The number of hydrogen-bond acceptors (Lipinski definition) is 4. The molecule has 0 radical (unpaired) electrons. The number of benzene rings is 2. The molecule has 1 heterocycles. The van der Waals surface area contributed by atoms with E-state index in [1.54, 1.807) is 6.92 Å². The first kappa shape index (κ1) is 22.7. The lowest BCUT2D eigenvalue weighted by atomic mass is 9.99. The lowest BCUT2D eigenvalue weighted by Crippen LogP contribution is -2.39. The van der Waals surface area contributed by atoms with Crippen molar-refractivity contribution in [2.45, 2.75) is 43.4 Å². The Bertz CT molecular complexity index is 1140. The fourth-order valence-electron chi connectivity index (χ4n) is 4.14. The quantitative estimate of drug-likeness (QED) is 0.658. The molecule has 6 nitrogen and oxygen atoms in total. The topological polar surface area (TPSA) is 83.9 Å². The third-order valence-corrected chi connectivity index (χ3v) is 8.21. The van der Waals surface area contributed by atoms with Crippen LogP contribution in [0, 0.1) is 24.5 Å². The summed E-state index contributed by atoms with van der Waals surface area (Å²) in [6.45, 7) is 2.50. The van der Waals surface area contributed by atoms with Gasteiger partial charge in [0.25, 0.3) is 0 Å². The Morgan fingerprint density at radius 3 is 2.41 bits per heavy atom. The molecule has 2 fully saturated rings. The fraction of sp³-hybridized carbons (Fsp3) is 0.435. The molecule has 0 amide bonds. The van der Waals surface area contributed by atoms with Crippen molar-refractivity contribution in [2.24, 2.45) is 5.92 Å². The SMILES string of the molecule is Cc1cc(F)ccc1S(=O)(=O)N1CCC(COc2cc(F)c(C(=O)O)cc2C2CC2)CC1. The second-order valence-corrected chi connectivity index (χ2v) is 10.4. The Hall–Kier alpha value is -2.52. The highest BCUT2D eigenvalue weighted by atomic mass is 32.2. The monoisotopic (exact) mass is 465 g/mol. The predicted octanol–water partition coefficient (Wildman–Crippen LogP) is 4.33. The van der Waals surface area contributed by atoms with Gasteiger partial charge in [0.05, 0.1) is 17.1 Å². The molecule has 0 bridgehead atoms. The highest BCUT2D eigenvalue weighted by molar-refractivity contribution is 7.89. The maximum Gasteiger partial charge on any atom is 0.338 e. The third kappa shape index (κ3) is 4.63. The maximum absolute atomic E-state index is 14.2. The third-order valence-electron chi connectivity index (χ3n) is 6.15. The number of carboxylic acid groups (broad SMARTS) is 1. The van der Waals surface area contributed by atoms with Crippen molar-refractivity contribution >= 4 is 16.0 Å². The van der Waals surface area contributed by atoms with Crippen molar-refractivity contribution in [3.63, 3.8) is 0 Å². The van der Waals surface area contributed by atoms with Gasteiger partial charge in [-0.05, 0) is 79.8 Å². The Morgan fingerprint density at radius 1 is 1.12 bits per heavy atom. The van der Waals surface area contributed by atoms with Crippen LogP contribution >= 0.6 is 0 Å². The van der Waals surface area contributed by atoms with Crippen molar-refractivity contribution in [1.82, 2.24) is 4.31 Å². The van der Waals surface area contributed by atoms with Gasteiger partial charge in [-0.1, -0.05) is 0 Å². The van der Waals surface area contributed by atoms with Crippen molar-refractivity contribution in [2.75, 3.05) is 19.7 Å². The van der Waals surface area contributed by atoms with Crippen LogP contribution < -0.4 is 4.74 Å². The van der Waals surface area contributed by atoms with Crippen LogP contribution in [-0.2, 0) is 10.0 Å². The first-order valence-corrected chi connectivity index (χ1v) is 12.1. The van der Waals surface area contributed by atoms with E-state index < -0.39 is 27.6 Å². The van der Waals surface area contributed by atoms with Gasteiger partial charge in [-0.25, -0.2) is 22.0 Å². The largest absolute Gasteiger partial charge is 0.493 e. The van der Waals surface area contributed by atoms with Gasteiger partial charge < -0.3 is 9.84 Å². The van der Waals surface area contributed by atoms with E-state index in [1.165, 1.54) is 22.5 Å². The maximum atomic E-state index is 14.2. The second kappa shape index (κ2) is 8.78. The van der Waals surface area contributed by atoms with Crippen LogP contribution in [0.3, 0.4) is 0 Å². The number of carboxylic acids is 1. The van der Waals surface area contributed by atoms with E-state index in [0.717, 1.165) is 30.5 Å². The molecule has 4 rings (SSSR count). The Balaban J connectivity index is 1.40. The number of aromatic carboxylic acids is 1. The molecule has 2 aromatic carbocycles. The Kier molecular flexibility index (Phi) is 6.22. The highest BCUT2D eigenvalue weighted by Crippen LogP contribution is 2.45. The van der Waals surface area contributed by atoms with Gasteiger partial charge in [-0.3, -0.25) is 0 Å². The molecule has 32 heavy (non-hydrogen) atoms. The molecule has 1 aliphatic heterocycles. The summed E-state index contributed by atoms with van der Waals surface area (Å²) in [5.41, 5.74) is 0.736. The molecule has 0 atom stereocenters. The van der Waals surface area contributed by atoms with Crippen LogP contribution in [0.1, 0.15) is 53.1 Å². The zero-order valence-corrected chi connectivity index (χ0v) is 18.5. The van der Waals surface area contributed by atoms with Gasteiger partial charge in [0, 0.05) is 19.2 Å². The number of sulfonamides is 1. The summed E-state index contributed by atoms with van der Waals surface area (Å²) in [5, 5.41) is 9.17. The minimum atomic E-state index is -3.71. The van der Waals surface area contributed by atoms with Crippen LogP contribution in [-0.4, -0.2) is 43.5 Å². The first-order chi connectivity index (χ1) is 15.2. The van der Waals surface area contributed by atoms with E-state index in [2.05, 4.69) is 0 Å². The summed E-state index contributed by atoms with van der Waals surface area (Å²) < 4.78 is 60.7. The average molecular weight is 466 g/mol. The average Bonchev–Trinajstić information content (AvgIpc) is 3.57. The summed E-state index contributed by atoms with van der Waals surface area (Å²) in [5.74, 6) is -1.96. The predicted molar refractivity (Wildman–Crippen MR) is 113 cm³/mol. The Morgan fingerprint density at radius 2 is 1.81 bits per heavy atom. The minimum Gasteiger partial charge on any atom is -0.493 e. The first-order valence-electron chi connectivity index (χ1n) is 10.6. The molecule has 1 aliphatic carbocycles. The number of nitrogens with zero attached hydrogens (tertiary/aromatic N) is 1. The molecule has 0 unspecified atom stereocenters. The van der Waals surface area contributed by atoms with Crippen molar-refractivity contribution in [1.29, 1.82) is 0 Å². The molecule has 1 saturated heterocycles. The summed E-state index contributed by atoms with van der Waals surface area (Å²) in [4.78, 5) is 11.3. The van der Waals surface area contributed by atoms with E-state index >= 15 is 0 Å². The second-order valence-electron chi connectivity index (χ2n) is 8.52. The van der Waals surface area contributed by atoms with Crippen molar-refractivity contribution < 1.29 is 31.8 Å². The number of rotatable bonds is 7. The molecule has 2 aromatic rings. The van der Waals surface area contributed by atoms with Gasteiger partial charge in [0.2, 0.25) is 10.0 Å². The zero-order chi connectivity index (χ0) is 23.0. The van der Waals surface area contributed by atoms with Crippen molar-refractivity contribution in [3.8, 4) is 5.75 Å². The fourth-order valence-corrected chi connectivity index (χ4v) is 5.81. The number of hydrogen-bond donors (Lipinski definition) is 1. The Labute approximate surface area is 185 Å². The van der Waals surface area contributed by atoms with E-state index in [0.29, 0.717) is 43.9 Å². The smallest absolute Gasteiger partial charge is 0.338 e. The van der Waals surface area contributed by atoms with E-state index in [9.17, 15) is 22.0 Å². The van der Waals surface area contributed by atoms with Crippen LogP contribution in [0.5, 0.6) is 5.75 Å². The van der Waals surface area contributed by atoms with Crippen LogP contribution in [0.15, 0.2) is 35.2 Å². The number of ether oxygens (including phenoxy) is 1. The van der Waals surface area contributed by atoms with Crippen LogP contribution in [0.2, 0.25) is 0 Å². The normalized spacial score (nSPS) is 18.0. The standard InChI is InChI=1S/C23H25F2NO5S/c1-14-10-17(24)4-5-22(14)32(29,30)26-8-6-15(7-9-26)13-31-21-12-20(25)19(23(27)28)11-18(21)16-2-3-16/h4-5,10-12,15-16H,2-3,6-9,13H2,1H3,(H,27,28). The molecular weight excluding hydrogens is 440 g/mol. The van der Waals surface area contributed by atoms with Crippen LogP contribution in [0.4, 0.5) is 8.78 Å². The number of carbonyl (C=O) groups is 1. The molecule has 1 saturated carbocycles.